The van der Waals surface area contributed by atoms with Crippen LogP contribution in [0.15, 0.2) is 0 Å². The van der Waals surface area contributed by atoms with Gasteiger partial charge in [0.25, 0.3) is 0 Å². The van der Waals surface area contributed by atoms with Crippen LogP contribution < -0.4 is 80.9 Å². The molecule has 0 amide bonds. The number of hydrogen-bond acceptors (Lipinski definition) is 0. The third-order valence-corrected chi connectivity index (χ3v) is 0. The normalized spacial score (nSPS) is 1.20. The van der Waals surface area contributed by atoms with Gasteiger partial charge in [-0.15, -0.1) is 0 Å². The predicted octanol–water partition coefficient (Wildman–Crippen LogP) is -4.71. The molecule has 0 N–H and O–H groups in total. The molecule has 0 aliphatic heterocycles. The molecule has 0 spiro atoms. The fourth-order valence-electron chi connectivity index (χ4n) is 0. The zero-order chi connectivity index (χ0) is 2.00. The summed E-state index contributed by atoms with van der Waals surface area (Å²) < 4.78 is 0. The van der Waals surface area contributed by atoms with Crippen molar-refractivity contribution >= 4 is 66.7 Å². The largest absolute Gasteiger partial charge is 2.00 e. The Morgan fingerprint density at radius 2 is 1.40 bits per heavy atom. The first kappa shape index (κ1) is 22.5. The van der Waals surface area contributed by atoms with Crippen molar-refractivity contribution in [2.24, 2.45) is 0 Å². The van der Waals surface area contributed by atoms with Crippen molar-refractivity contribution < 1.29 is 86.6 Å². The Balaban J connectivity index is -0.000000000238. The zero-order valence-corrected chi connectivity index (χ0v) is 14.3. The maximum absolute atomic E-state index is 2.39. The Labute approximate surface area is 149 Å². The van der Waals surface area contributed by atoms with Crippen molar-refractivity contribution in [2.75, 3.05) is 0 Å². The summed E-state index contributed by atoms with van der Waals surface area (Å²) in [6, 6.07) is 0. The van der Waals surface area contributed by atoms with Gasteiger partial charge in [-0.1, -0.05) is 28.9 Å². The molecule has 5 heteroatoms. The molecule has 0 aliphatic carbocycles. The first-order chi connectivity index (χ1) is 1.00. The van der Waals surface area contributed by atoms with Gasteiger partial charge in [0.1, 0.15) is 0 Å². The second-order valence-corrected chi connectivity index (χ2v) is 0. The van der Waals surface area contributed by atoms with Crippen molar-refractivity contribution in [3.8, 4) is 0 Å². The molecule has 0 aromatic rings. The summed E-state index contributed by atoms with van der Waals surface area (Å²) in [6.07, 6.45) is 0. The van der Waals surface area contributed by atoms with Crippen LogP contribution in [0.4, 0.5) is 0 Å². The van der Waals surface area contributed by atoms with Crippen molar-refractivity contribution in [1.82, 2.24) is 0 Å². The van der Waals surface area contributed by atoms with Crippen LogP contribution >= 0.6 is 28.9 Å². The van der Waals surface area contributed by atoms with Crippen LogP contribution in [0.25, 0.3) is 0 Å². The molecule has 0 aromatic carbocycles. The van der Waals surface area contributed by atoms with Crippen LogP contribution in [0.3, 0.4) is 0 Å². The third kappa shape index (κ3) is 17.6. The smallest absolute Gasteiger partial charge is 1.00 e. The van der Waals surface area contributed by atoms with E-state index in [1.165, 1.54) is 0 Å². The van der Waals surface area contributed by atoms with Gasteiger partial charge in [0.05, 0.1) is 0 Å². The standard InChI is InChI=1S/Ca.H2IP.K.Na.4H/c;1-2;;;;;;/h;2H2;;;;;;/q+2;;2*+1;4*-1. The third-order valence-electron chi connectivity index (χ3n) is 0. The Morgan fingerprint density at radius 3 is 1.40 bits per heavy atom. The topological polar surface area (TPSA) is 0 Å². The Kier molecular flexibility index (Phi) is 103. The minimum atomic E-state index is 0. The maximum atomic E-state index is 2.39. The SMILES string of the molecule is PI.[Ca+2].[H-].[H-].[H-].[H-].[K+].[Na+]. The average molecular weight is 266 g/mol. The van der Waals surface area contributed by atoms with Crippen LogP contribution in [0, 0.1) is 0 Å². The molecule has 0 heterocycles. The van der Waals surface area contributed by atoms with Crippen molar-refractivity contribution in [3.63, 3.8) is 0 Å². The molecule has 1 unspecified atom stereocenters. The monoisotopic (exact) mass is 266 g/mol. The van der Waals surface area contributed by atoms with Crippen LogP contribution in [-0.4, -0.2) is 37.7 Å². The van der Waals surface area contributed by atoms with E-state index < -0.39 is 0 Å². The predicted molar refractivity (Wildman–Crippen MR) is 33.9 cm³/mol. The minimum absolute atomic E-state index is 0. The molecule has 0 radical (unpaired) electrons. The first-order valence-electron chi connectivity index (χ1n) is 0.218. The maximum Gasteiger partial charge on any atom is 2.00 e. The van der Waals surface area contributed by atoms with E-state index in [1.54, 1.807) is 0 Å². The molecule has 5 heavy (non-hydrogen) atoms. The molecule has 0 nitrogen and oxygen atoms in total. The van der Waals surface area contributed by atoms with E-state index in [9.17, 15) is 0 Å². The summed E-state index contributed by atoms with van der Waals surface area (Å²) in [5.74, 6) is 0. The van der Waals surface area contributed by atoms with E-state index in [0.29, 0.717) is 0 Å². The van der Waals surface area contributed by atoms with Gasteiger partial charge in [0.2, 0.25) is 0 Å². The van der Waals surface area contributed by atoms with Gasteiger partial charge in [0.15, 0.2) is 0 Å². The van der Waals surface area contributed by atoms with E-state index in [0.717, 1.165) is 0 Å². The molecule has 22 valence electrons. The van der Waals surface area contributed by atoms with Crippen molar-refractivity contribution in [3.05, 3.63) is 0 Å². The fraction of sp³-hybridized carbons (Fsp3) is 0. The van der Waals surface area contributed by atoms with Gasteiger partial charge in [-0.3, -0.25) is 0 Å². The van der Waals surface area contributed by atoms with E-state index in [1.807, 2.05) is 0 Å². The molecule has 0 aliphatic rings. The van der Waals surface area contributed by atoms with Crippen LogP contribution in [0.1, 0.15) is 5.71 Å². The van der Waals surface area contributed by atoms with Crippen molar-refractivity contribution in [2.45, 2.75) is 0 Å². The Bertz CT molecular complexity index is 20.5. The van der Waals surface area contributed by atoms with Crippen LogP contribution in [0.2, 0.25) is 0 Å². The number of hydrogen-bond donors (Lipinski definition) is 0. The zero-order valence-electron chi connectivity index (χ0n) is 7.66. The minimum Gasteiger partial charge on any atom is -1.00 e. The molecular formula is H6CaIKNaP. The summed E-state index contributed by atoms with van der Waals surface area (Å²) in [4.78, 5) is 0. The molecule has 0 bridgehead atoms. The number of halogens is 1. The first-order valence-corrected chi connectivity index (χ1v) is 4.39. The molecule has 0 fully saturated rings. The van der Waals surface area contributed by atoms with E-state index in [-0.39, 0.29) is 124 Å². The number of rotatable bonds is 0. The van der Waals surface area contributed by atoms with Gasteiger partial charge >= 0.3 is 119 Å². The quantitative estimate of drug-likeness (QED) is 0.235. The fourth-order valence-corrected chi connectivity index (χ4v) is 0. The van der Waals surface area contributed by atoms with Gasteiger partial charge < -0.3 is 5.71 Å². The van der Waals surface area contributed by atoms with E-state index in [4.69, 9.17) is 0 Å². The summed E-state index contributed by atoms with van der Waals surface area (Å²) in [5.41, 5.74) is 0. The van der Waals surface area contributed by atoms with Crippen molar-refractivity contribution in [1.29, 1.82) is 0 Å². The Morgan fingerprint density at radius 1 is 1.40 bits per heavy atom. The molecule has 0 saturated carbocycles. The van der Waals surface area contributed by atoms with Gasteiger partial charge in [0, 0.05) is 0 Å². The Hall–Kier alpha value is 5.06. The second-order valence-electron chi connectivity index (χ2n) is 0. The van der Waals surface area contributed by atoms with Gasteiger partial charge in [-0.05, 0) is 0 Å². The summed E-state index contributed by atoms with van der Waals surface area (Å²) in [7, 11) is 0. The van der Waals surface area contributed by atoms with E-state index >= 15 is 0 Å². The second kappa shape index (κ2) is 23.0. The molecule has 0 aromatic heterocycles. The van der Waals surface area contributed by atoms with E-state index in [2.05, 4.69) is 28.9 Å². The van der Waals surface area contributed by atoms with Gasteiger partial charge in [-0.2, -0.15) is 0 Å². The molecule has 0 rings (SSSR count). The summed E-state index contributed by atoms with van der Waals surface area (Å²) in [5, 5.41) is 0. The molecule has 0 saturated heterocycles. The van der Waals surface area contributed by atoms with Crippen LogP contribution in [0.5, 0.6) is 0 Å². The molecular weight excluding hydrogens is 260 g/mol. The summed E-state index contributed by atoms with van der Waals surface area (Å²) >= 11 is 2.07. The molecule has 1 atom stereocenters. The van der Waals surface area contributed by atoms with Gasteiger partial charge in [-0.25, -0.2) is 0 Å². The average Bonchev–Trinajstić information content (AvgIpc) is 1.00. The summed E-state index contributed by atoms with van der Waals surface area (Å²) in [6.45, 7) is 2.39. The van der Waals surface area contributed by atoms with Crippen LogP contribution in [-0.2, 0) is 0 Å².